The molecule has 2 heterocycles. The summed E-state index contributed by atoms with van der Waals surface area (Å²) in [5, 5.41) is 13.2. The largest absolute Gasteiger partial charge is 0.378 e. The zero-order chi connectivity index (χ0) is 15.0. The molecule has 3 rings (SSSR count). The molecule has 1 aromatic rings. The number of aliphatic hydroxyl groups excluding tert-OH is 1. The average Bonchev–Trinajstić information content (AvgIpc) is 2.68. The predicted octanol–water partition coefficient (Wildman–Crippen LogP) is 3.48. The fraction of sp³-hybridized carbons (Fsp3) is 0.562. The number of hydrogen-bond acceptors (Lipinski definition) is 3. The fourth-order valence-electron chi connectivity index (χ4n) is 3.39. The number of anilines is 2. The van der Waals surface area contributed by atoms with Crippen molar-refractivity contribution >= 4 is 28.9 Å². The van der Waals surface area contributed by atoms with Gasteiger partial charge in [0.1, 0.15) is 0 Å². The summed E-state index contributed by atoms with van der Waals surface area (Å²) in [4.78, 5) is 14.0. The number of rotatable bonds is 2. The molecule has 2 unspecified atom stereocenters. The zero-order valence-electron chi connectivity index (χ0n) is 12.2. The molecule has 0 aliphatic carbocycles. The van der Waals surface area contributed by atoms with Gasteiger partial charge in [0.25, 0.3) is 5.91 Å². The lowest BCUT2D eigenvalue weighted by atomic mass is 10.1. The first-order valence-corrected chi connectivity index (χ1v) is 8.08. The van der Waals surface area contributed by atoms with Crippen molar-refractivity contribution in [2.24, 2.45) is 0 Å². The molecule has 114 valence electrons. The molecule has 2 aliphatic heterocycles. The first-order chi connectivity index (χ1) is 10.1. The molecule has 5 heteroatoms. The Kier molecular flexibility index (Phi) is 4.09. The highest BCUT2D eigenvalue weighted by Crippen LogP contribution is 2.40. The SMILES string of the molecule is CCC1CCCCCN1c1cc2c(cc1Cl)C(O)C(=O)N2. The van der Waals surface area contributed by atoms with Crippen LogP contribution >= 0.6 is 11.6 Å². The Balaban J connectivity index is 1.98. The summed E-state index contributed by atoms with van der Waals surface area (Å²) in [6.07, 6.45) is 4.84. The Bertz CT molecular complexity index is 561. The lowest BCUT2D eigenvalue weighted by Gasteiger charge is -2.32. The molecule has 2 N–H and O–H groups in total. The highest BCUT2D eigenvalue weighted by atomic mass is 35.5. The topological polar surface area (TPSA) is 52.6 Å². The van der Waals surface area contributed by atoms with Crippen LogP contribution in [0.2, 0.25) is 5.02 Å². The van der Waals surface area contributed by atoms with Gasteiger partial charge in [0, 0.05) is 23.8 Å². The van der Waals surface area contributed by atoms with E-state index >= 15 is 0 Å². The van der Waals surface area contributed by atoms with Crippen molar-refractivity contribution in [2.45, 2.75) is 51.2 Å². The van der Waals surface area contributed by atoms with Crippen LogP contribution in [0.4, 0.5) is 11.4 Å². The van der Waals surface area contributed by atoms with Crippen LogP contribution in [0.1, 0.15) is 50.7 Å². The van der Waals surface area contributed by atoms with Crippen molar-refractivity contribution in [2.75, 3.05) is 16.8 Å². The molecular weight excluding hydrogens is 288 g/mol. The van der Waals surface area contributed by atoms with Gasteiger partial charge in [-0.15, -0.1) is 0 Å². The number of aliphatic hydroxyl groups is 1. The molecule has 1 aromatic carbocycles. The van der Waals surface area contributed by atoms with E-state index in [-0.39, 0.29) is 5.91 Å². The minimum atomic E-state index is -1.10. The molecule has 2 atom stereocenters. The minimum Gasteiger partial charge on any atom is -0.378 e. The molecule has 1 saturated heterocycles. The molecule has 1 fully saturated rings. The second kappa shape index (κ2) is 5.85. The monoisotopic (exact) mass is 308 g/mol. The first kappa shape index (κ1) is 14.7. The van der Waals surface area contributed by atoms with E-state index < -0.39 is 6.10 Å². The summed E-state index contributed by atoms with van der Waals surface area (Å²) in [6.45, 7) is 3.20. The lowest BCUT2D eigenvalue weighted by Crippen LogP contribution is -2.34. The van der Waals surface area contributed by atoms with Gasteiger partial charge in [-0.3, -0.25) is 4.79 Å². The van der Waals surface area contributed by atoms with E-state index in [1.54, 1.807) is 6.07 Å². The van der Waals surface area contributed by atoms with E-state index in [4.69, 9.17) is 11.6 Å². The smallest absolute Gasteiger partial charge is 0.257 e. The van der Waals surface area contributed by atoms with Crippen LogP contribution in [0.3, 0.4) is 0 Å². The Morgan fingerprint density at radius 1 is 1.38 bits per heavy atom. The minimum absolute atomic E-state index is 0.374. The predicted molar refractivity (Wildman–Crippen MR) is 84.9 cm³/mol. The zero-order valence-corrected chi connectivity index (χ0v) is 13.0. The van der Waals surface area contributed by atoms with Crippen molar-refractivity contribution in [3.63, 3.8) is 0 Å². The number of hydrogen-bond donors (Lipinski definition) is 2. The van der Waals surface area contributed by atoms with Gasteiger partial charge in [0.05, 0.1) is 10.7 Å². The first-order valence-electron chi connectivity index (χ1n) is 7.70. The van der Waals surface area contributed by atoms with Crippen molar-refractivity contribution in [3.8, 4) is 0 Å². The number of benzene rings is 1. The third-order valence-electron chi connectivity index (χ3n) is 4.58. The highest BCUT2D eigenvalue weighted by Gasteiger charge is 2.31. The van der Waals surface area contributed by atoms with Crippen LogP contribution in [0.15, 0.2) is 12.1 Å². The summed E-state index contributed by atoms with van der Waals surface area (Å²) >= 11 is 6.44. The maximum absolute atomic E-state index is 11.6. The van der Waals surface area contributed by atoms with Crippen LogP contribution in [-0.4, -0.2) is 23.6 Å². The second-order valence-corrected chi connectivity index (χ2v) is 6.29. The molecule has 21 heavy (non-hydrogen) atoms. The van der Waals surface area contributed by atoms with Gasteiger partial charge in [-0.25, -0.2) is 0 Å². The fourth-order valence-corrected chi connectivity index (χ4v) is 3.67. The second-order valence-electron chi connectivity index (χ2n) is 5.89. The molecule has 0 spiro atoms. The van der Waals surface area contributed by atoms with Gasteiger partial charge in [-0.1, -0.05) is 31.4 Å². The van der Waals surface area contributed by atoms with E-state index in [2.05, 4.69) is 17.1 Å². The summed E-state index contributed by atoms with van der Waals surface area (Å²) in [5.74, 6) is -0.374. The molecule has 0 aromatic heterocycles. The van der Waals surface area contributed by atoms with Crippen LogP contribution in [0, 0.1) is 0 Å². The molecule has 4 nitrogen and oxygen atoms in total. The van der Waals surface area contributed by atoms with E-state index in [0.717, 1.165) is 18.7 Å². The van der Waals surface area contributed by atoms with E-state index in [1.165, 1.54) is 25.7 Å². The summed E-state index contributed by atoms with van der Waals surface area (Å²) < 4.78 is 0. The lowest BCUT2D eigenvalue weighted by molar-refractivity contribution is -0.123. The maximum Gasteiger partial charge on any atom is 0.257 e. The van der Waals surface area contributed by atoms with Gasteiger partial charge >= 0.3 is 0 Å². The number of fused-ring (bicyclic) bond motifs is 1. The van der Waals surface area contributed by atoms with E-state index in [1.807, 2.05) is 6.07 Å². The number of carbonyl (C=O) groups is 1. The van der Waals surface area contributed by atoms with Gasteiger partial charge in [-0.05, 0) is 31.4 Å². The van der Waals surface area contributed by atoms with Crippen LogP contribution in [0.25, 0.3) is 0 Å². The molecule has 1 amide bonds. The summed E-state index contributed by atoms with van der Waals surface area (Å²) in [5.41, 5.74) is 2.24. The molecular formula is C16H21ClN2O2. The Morgan fingerprint density at radius 3 is 2.95 bits per heavy atom. The standard InChI is InChI=1S/C16H21ClN2O2/c1-2-10-6-4-3-5-7-19(10)14-9-13-11(8-12(14)17)15(20)16(21)18-13/h8-10,15,20H,2-7H2,1H3,(H,18,21). The molecule has 0 bridgehead atoms. The Labute approximate surface area is 130 Å². The molecule has 2 aliphatic rings. The third kappa shape index (κ3) is 2.62. The van der Waals surface area contributed by atoms with Crippen molar-refractivity contribution < 1.29 is 9.90 Å². The quantitative estimate of drug-likeness (QED) is 0.879. The van der Waals surface area contributed by atoms with Crippen molar-refractivity contribution in [1.82, 2.24) is 0 Å². The molecule has 0 radical (unpaired) electrons. The van der Waals surface area contributed by atoms with E-state index in [9.17, 15) is 9.90 Å². The van der Waals surface area contributed by atoms with Gasteiger partial charge in [-0.2, -0.15) is 0 Å². The van der Waals surface area contributed by atoms with Crippen LogP contribution < -0.4 is 10.2 Å². The summed E-state index contributed by atoms with van der Waals surface area (Å²) in [7, 11) is 0. The Hall–Kier alpha value is -1.26. The number of halogens is 1. The number of amides is 1. The summed E-state index contributed by atoms with van der Waals surface area (Å²) in [6, 6.07) is 4.14. The van der Waals surface area contributed by atoms with Crippen molar-refractivity contribution in [3.05, 3.63) is 22.7 Å². The van der Waals surface area contributed by atoms with Crippen molar-refractivity contribution in [1.29, 1.82) is 0 Å². The number of nitrogens with one attached hydrogen (secondary N) is 1. The van der Waals surface area contributed by atoms with Gasteiger partial charge in [0.2, 0.25) is 0 Å². The van der Waals surface area contributed by atoms with Gasteiger partial charge in [0.15, 0.2) is 6.10 Å². The highest BCUT2D eigenvalue weighted by molar-refractivity contribution is 6.33. The normalized spacial score (nSPS) is 25.5. The average molecular weight is 309 g/mol. The maximum atomic E-state index is 11.6. The Morgan fingerprint density at radius 2 is 2.19 bits per heavy atom. The number of nitrogens with zero attached hydrogens (tertiary/aromatic N) is 1. The molecule has 0 saturated carbocycles. The van der Waals surface area contributed by atoms with Crippen LogP contribution in [0.5, 0.6) is 0 Å². The third-order valence-corrected chi connectivity index (χ3v) is 4.88. The number of carbonyl (C=O) groups excluding carboxylic acids is 1. The van der Waals surface area contributed by atoms with E-state index in [0.29, 0.717) is 22.3 Å². The van der Waals surface area contributed by atoms with Gasteiger partial charge < -0.3 is 15.3 Å². The van der Waals surface area contributed by atoms with Crippen LogP contribution in [-0.2, 0) is 4.79 Å².